The number of hydrogen-bond acceptors (Lipinski definition) is 4. The van der Waals surface area contributed by atoms with Crippen molar-refractivity contribution < 1.29 is 14.7 Å². The number of rotatable bonds is 4. The summed E-state index contributed by atoms with van der Waals surface area (Å²) in [6.07, 6.45) is 1.70. The summed E-state index contributed by atoms with van der Waals surface area (Å²) in [5.74, 6) is -1.43. The van der Waals surface area contributed by atoms with Gasteiger partial charge in [-0.1, -0.05) is 24.3 Å². The van der Waals surface area contributed by atoms with Crippen molar-refractivity contribution in [1.29, 1.82) is 0 Å². The van der Waals surface area contributed by atoms with Gasteiger partial charge in [0, 0.05) is 23.7 Å². The second-order valence-corrected chi connectivity index (χ2v) is 5.27. The maximum atomic E-state index is 12.2. The normalized spacial score (nSPS) is 10.5. The Bertz CT molecular complexity index is 932. The Morgan fingerprint density at radius 1 is 1.12 bits per heavy atom. The van der Waals surface area contributed by atoms with Gasteiger partial charge in [-0.3, -0.25) is 14.6 Å². The molecule has 6 heteroatoms. The summed E-state index contributed by atoms with van der Waals surface area (Å²) in [7, 11) is 0. The molecule has 0 fully saturated rings. The van der Waals surface area contributed by atoms with Crippen LogP contribution in [-0.2, 0) is 6.54 Å². The zero-order valence-electron chi connectivity index (χ0n) is 12.7. The van der Waals surface area contributed by atoms with Gasteiger partial charge in [0.1, 0.15) is 5.75 Å². The van der Waals surface area contributed by atoms with Gasteiger partial charge in [-0.15, -0.1) is 0 Å². The van der Waals surface area contributed by atoms with Gasteiger partial charge in [-0.25, -0.2) is 0 Å². The quantitative estimate of drug-likeness (QED) is 0.683. The molecule has 0 aliphatic carbocycles. The summed E-state index contributed by atoms with van der Waals surface area (Å²) in [6.45, 7) is 0.297. The fraction of sp³-hybridized carbons (Fsp3) is 0.0556. The number of hydrogen-bond donors (Lipinski definition) is 3. The van der Waals surface area contributed by atoms with Crippen LogP contribution in [0.25, 0.3) is 10.9 Å². The minimum Gasteiger partial charge on any atom is -0.507 e. The van der Waals surface area contributed by atoms with Gasteiger partial charge in [0.2, 0.25) is 0 Å². The molecule has 0 radical (unpaired) electrons. The van der Waals surface area contributed by atoms with Gasteiger partial charge >= 0.3 is 0 Å². The molecule has 0 saturated carbocycles. The first-order valence-electron chi connectivity index (χ1n) is 7.30. The Balaban J connectivity index is 1.78. The van der Waals surface area contributed by atoms with Crippen LogP contribution in [0, 0.1) is 0 Å². The number of phenols is 1. The zero-order valence-corrected chi connectivity index (χ0v) is 12.7. The van der Waals surface area contributed by atoms with Gasteiger partial charge in [0.25, 0.3) is 11.8 Å². The van der Waals surface area contributed by atoms with Crippen molar-refractivity contribution in [2.24, 2.45) is 5.73 Å². The fourth-order valence-electron chi connectivity index (χ4n) is 2.47. The highest BCUT2D eigenvalue weighted by Crippen LogP contribution is 2.19. The predicted molar refractivity (Wildman–Crippen MR) is 89.5 cm³/mol. The van der Waals surface area contributed by atoms with Crippen LogP contribution in [0.5, 0.6) is 5.75 Å². The number of aromatic hydroxyl groups is 1. The SMILES string of the molecule is NC(=O)c1ccc(C(=O)NCc2cccc3cccnc23)cc1O. The van der Waals surface area contributed by atoms with Crippen LogP contribution in [0.3, 0.4) is 0 Å². The molecule has 4 N–H and O–H groups in total. The molecule has 0 unspecified atom stereocenters. The molecule has 0 spiro atoms. The van der Waals surface area contributed by atoms with E-state index in [1.807, 2.05) is 30.3 Å². The van der Waals surface area contributed by atoms with Crippen molar-refractivity contribution in [3.8, 4) is 5.75 Å². The molecular formula is C18H15N3O3. The largest absolute Gasteiger partial charge is 0.507 e. The Morgan fingerprint density at radius 2 is 1.92 bits per heavy atom. The van der Waals surface area contributed by atoms with Gasteiger partial charge in [0.05, 0.1) is 11.1 Å². The molecule has 0 aliphatic heterocycles. The van der Waals surface area contributed by atoms with Gasteiger partial charge < -0.3 is 16.2 Å². The first-order chi connectivity index (χ1) is 11.6. The van der Waals surface area contributed by atoms with Crippen molar-refractivity contribution >= 4 is 22.7 Å². The number of aromatic nitrogens is 1. The maximum absolute atomic E-state index is 12.2. The molecule has 24 heavy (non-hydrogen) atoms. The summed E-state index contributed by atoms with van der Waals surface area (Å²) in [5.41, 5.74) is 7.05. The lowest BCUT2D eigenvalue weighted by atomic mass is 10.1. The highest BCUT2D eigenvalue weighted by molar-refractivity contribution is 5.99. The second kappa shape index (κ2) is 6.37. The molecule has 0 atom stereocenters. The van der Waals surface area contributed by atoms with Crippen molar-refractivity contribution in [2.75, 3.05) is 0 Å². The summed E-state index contributed by atoms with van der Waals surface area (Å²) in [6, 6.07) is 13.5. The van der Waals surface area contributed by atoms with E-state index < -0.39 is 5.91 Å². The van der Waals surface area contributed by atoms with E-state index in [0.29, 0.717) is 6.54 Å². The van der Waals surface area contributed by atoms with Gasteiger partial charge in [0.15, 0.2) is 0 Å². The maximum Gasteiger partial charge on any atom is 0.252 e. The summed E-state index contributed by atoms with van der Waals surface area (Å²) >= 11 is 0. The third-order valence-electron chi connectivity index (χ3n) is 3.68. The van der Waals surface area contributed by atoms with Gasteiger partial charge in [-0.05, 0) is 29.8 Å². The number of amides is 2. The number of benzene rings is 2. The standard InChI is InChI=1S/C18H15N3O3/c19-17(23)14-7-6-12(9-15(14)22)18(24)21-10-13-4-1-3-11-5-2-8-20-16(11)13/h1-9,22H,10H2,(H2,19,23)(H,21,24). The van der Waals surface area contributed by atoms with Crippen molar-refractivity contribution in [2.45, 2.75) is 6.54 Å². The van der Waals surface area contributed by atoms with E-state index in [2.05, 4.69) is 10.3 Å². The molecule has 2 amide bonds. The number of para-hydroxylation sites is 1. The number of fused-ring (bicyclic) bond motifs is 1. The van der Waals surface area contributed by atoms with E-state index >= 15 is 0 Å². The number of nitrogens with one attached hydrogen (secondary N) is 1. The molecule has 1 aromatic heterocycles. The van der Waals surface area contributed by atoms with E-state index in [1.54, 1.807) is 6.20 Å². The lowest BCUT2D eigenvalue weighted by Crippen LogP contribution is -2.23. The smallest absolute Gasteiger partial charge is 0.252 e. The lowest BCUT2D eigenvalue weighted by molar-refractivity contribution is 0.0947. The van der Waals surface area contributed by atoms with Crippen molar-refractivity contribution in [1.82, 2.24) is 10.3 Å². The third kappa shape index (κ3) is 3.03. The Kier molecular flexibility index (Phi) is 4.11. The van der Waals surface area contributed by atoms with Crippen LogP contribution < -0.4 is 11.1 Å². The zero-order chi connectivity index (χ0) is 17.1. The number of carbonyl (C=O) groups is 2. The Labute approximate surface area is 137 Å². The highest BCUT2D eigenvalue weighted by atomic mass is 16.3. The lowest BCUT2D eigenvalue weighted by Gasteiger charge is -2.09. The molecule has 0 saturated heterocycles. The fourth-order valence-corrected chi connectivity index (χ4v) is 2.47. The first kappa shape index (κ1) is 15.5. The minimum atomic E-state index is -0.749. The molecule has 0 bridgehead atoms. The van der Waals surface area contributed by atoms with Crippen molar-refractivity contribution in [3.63, 3.8) is 0 Å². The topological polar surface area (TPSA) is 105 Å². The number of primary amides is 1. The average Bonchev–Trinajstić information content (AvgIpc) is 2.59. The Morgan fingerprint density at radius 3 is 2.67 bits per heavy atom. The van der Waals surface area contributed by atoms with Crippen LogP contribution >= 0.6 is 0 Å². The number of carbonyl (C=O) groups excluding carboxylic acids is 2. The van der Waals surface area contributed by atoms with E-state index in [0.717, 1.165) is 16.5 Å². The monoisotopic (exact) mass is 321 g/mol. The first-order valence-corrected chi connectivity index (χ1v) is 7.30. The van der Waals surface area contributed by atoms with Crippen LogP contribution in [0.2, 0.25) is 0 Å². The van der Waals surface area contributed by atoms with Crippen LogP contribution in [0.15, 0.2) is 54.7 Å². The molecule has 2 aromatic carbocycles. The van der Waals surface area contributed by atoms with Gasteiger partial charge in [-0.2, -0.15) is 0 Å². The number of nitrogens with zero attached hydrogens (tertiary/aromatic N) is 1. The Hall–Kier alpha value is -3.41. The molecule has 3 rings (SSSR count). The third-order valence-corrected chi connectivity index (χ3v) is 3.68. The highest BCUT2D eigenvalue weighted by Gasteiger charge is 2.12. The molecule has 0 aliphatic rings. The van der Waals surface area contributed by atoms with Crippen LogP contribution in [0.1, 0.15) is 26.3 Å². The summed E-state index contributed by atoms with van der Waals surface area (Å²) < 4.78 is 0. The summed E-state index contributed by atoms with van der Waals surface area (Å²) in [4.78, 5) is 27.7. The van der Waals surface area contributed by atoms with E-state index in [1.165, 1.54) is 18.2 Å². The summed E-state index contributed by atoms with van der Waals surface area (Å²) in [5, 5.41) is 13.5. The van der Waals surface area contributed by atoms with E-state index in [-0.39, 0.29) is 22.8 Å². The second-order valence-electron chi connectivity index (χ2n) is 5.27. The molecule has 3 aromatic rings. The number of nitrogens with two attached hydrogens (primary N) is 1. The average molecular weight is 321 g/mol. The van der Waals surface area contributed by atoms with Crippen molar-refractivity contribution in [3.05, 3.63) is 71.4 Å². The van der Waals surface area contributed by atoms with Crippen LogP contribution in [0.4, 0.5) is 0 Å². The van der Waals surface area contributed by atoms with Crippen LogP contribution in [-0.4, -0.2) is 21.9 Å². The van der Waals surface area contributed by atoms with E-state index in [4.69, 9.17) is 5.73 Å². The minimum absolute atomic E-state index is 0.0233. The predicted octanol–water partition coefficient (Wildman–Crippen LogP) is 1.97. The molecule has 1 heterocycles. The molecule has 6 nitrogen and oxygen atoms in total. The van der Waals surface area contributed by atoms with E-state index in [9.17, 15) is 14.7 Å². The number of pyridine rings is 1. The molecular weight excluding hydrogens is 306 g/mol. The molecule has 120 valence electrons.